The second kappa shape index (κ2) is 9.41. The van der Waals surface area contributed by atoms with Crippen LogP contribution in [0.5, 0.6) is 0 Å². The highest BCUT2D eigenvalue weighted by Gasteiger charge is 2.22. The number of aromatic carboxylic acids is 1. The van der Waals surface area contributed by atoms with Crippen LogP contribution in [0.4, 0.5) is 0 Å². The molecule has 0 bridgehead atoms. The molecular formula is C28H30N2O2. The van der Waals surface area contributed by atoms with Crippen molar-refractivity contribution in [3.63, 3.8) is 0 Å². The normalized spacial score (nSPS) is 11.2. The van der Waals surface area contributed by atoms with Crippen LogP contribution in [-0.4, -0.2) is 22.2 Å². The molecule has 1 heterocycles. The summed E-state index contributed by atoms with van der Waals surface area (Å²) in [6, 6.07) is 23.0. The number of carboxylic acid groups (broad SMARTS) is 1. The summed E-state index contributed by atoms with van der Waals surface area (Å²) in [6.07, 6.45) is 0.907. The molecule has 0 fully saturated rings. The van der Waals surface area contributed by atoms with E-state index in [0.717, 1.165) is 40.6 Å². The van der Waals surface area contributed by atoms with E-state index in [9.17, 15) is 9.90 Å². The Bertz CT molecular complexity index is 1240. The van der Waals surface area contributed by atoms with E-state index < -0.39 is 5.97 Å². The number of hydrogen-bond donors (Lipinski definition) is 2. The lowest BCUT2D eigenvalue weighted by Gasteiger charge is -2.10. The summed E-state index contributed by atoms with van der Waals surface area (Å²) in [7, 11) is 0. The number of aromatic nitrogens is 1. The first-order chi connectivity index (χ1) is 15.4. The molecule has 164 valence electrons. The molecule has 3 aromatic carbocycles. The van der Waals surface area contributed by atoms with Gasteiger partial charge in [-0.1, -0.05) is 71.8 Å². The predicted molar refractivity (Wildman–Crippen MR) is 131 cm³/mol. The van der Waals surface area contributed by atoms with Crippen LogP contribution in [0.2, 0.25) is 0 Å². The number of benzene rings is 3. The topological polar surface area (TPSA) is 54.3 Å². The molecule has 2 N–H and O–H groups in total. The molecule has 4 rings (SSSR count). The molecule has 0 saturated carbocycles. The van der Waals surface area contributed by atoms with Crippen LogP contribution in [0.25, 0.3) is 10.9 Å². The summed E-state index contributed by atoms with van der Waals surface area (Å²) in [5.41, 5.74) is 8.13. The molecule has 0 aliphatic heterocycles. The summed E-state index contributed by atoms with van der Waals surface area (Å²) in [4.78, 5) is 12.4. The van der Waals surface area contributed by atoms with Gasteiger partial charge in [-0.25, -0.2) is 4.79 Å². The van der Waals surface area contributed by atoms with Crippen molar-refractivity contribution < 1.29 is 9.90 Å². The van der Waals surface area contributed by atoms with E-state index in [1.165, 1.54) is 16.7 Å². The number of carboxylic acids is 1. The average molecular weight is 427 g/mol. The first-order valence-electron chi connectivity index (χ1n) is 11.1. The van der Waals surface area contributed by atoms with Gasteiger partial charge in [0.2, 0.25) is 0 Å². The molecule has 0 atom stereocenters. The van der Waals surface area contributed by atoms with E-state index in [0.29, 0.717) is 18.8 Å². The Labute approximate surface area is 189 Å². The van der Waals surface area contributed by atoms with Gasteiger partial charge in [-0.15, -0.1) is 0 Å². The van der Waals surface area contributed by atoms with Crippen LogP contribution < -0.4 is 5.32 Å². The van der Waals surface area contributed by atoms with Gasteiger partial charge in [0.25, 0.3) is 0 Å². The molecular weight excluding hydrogens is 396 g/mol. The van der Waals surface area contributed by atoms with Gasteiger partial charge in [0.15, 0.2) is 0 Å². The standard InChI is InChI=1S/C28H30N2O2/c1-19-4-9-22(10-5-19)14-15-29-17-25-24-13-8-21(3)16-26(24)30(27(25)28(31)32)18-23-11-6-20(2)7-12-23/h4-13,16,29H,14-15,17-18H2,1-3H3,(H,31,32). The Kier molecular flexibility index (Phi) is 6.42. The van der Waals surface area contributed by atoms with Gasteiger partial charge in [0.1, 0.15) is 5.69 Å². The lowest BCUT2D eigenvalue weighted by atomic mass is 10.1. The Morgan fingerprint density at radius 2 is 1.44 bits per heavy atom. The minimum Gasteiger partial charge on any atom is -0.477 e. The number of hydrogen-bond acceptors (Lipinski definition) is 2. The molecule has 0 aliphatic carbocycles. The minimum absolute atomic E-state index is 0.369. The fraction of sp³-hybridized carbons (Fsp3) is 0.250. The third kappa shape index (κ3) is 4.76. The second-order valence-electron chi connectivity index (χ2n) is 8.64. The molecule has 0 aliphatic rings. The van der Waals surface area contributed by atoms with Gasteiger partial charge in [0.05, 0.1) is 0 Å². The molecule has 0 radical (unpaired) electrons. The summed E-state index contributed by atoms with van der Waals surface area (Å²) in [6.45, 7) is 8.03. The molecule has 0 unspecified atom stereocenters. The maximum atomic E-state index is 12.4. The fourth-order valence-corrected chi connectivity index (χ4v) is 4.20. The second-order valence-corrected chi connectivity index (χ2v) is 8.64. The minimum atomic E-state index is -0.888. The van der Waals surface area contributed by atoms with Crippen molar-refractivity contribution in [1.82, 2.24) is 9.88 Å². The first kappa shape index (κ1) is 21.8. The SMILES string of the molecule is Cc1ccc(CCNCc2c(C(=O)O)n(Cc3ccc(C)cc3)c3cc(C)ccc23)cc1. The van der Waals surface area contributed by atoms with Gasteiger partial charge in [0, 0.05) is 29.6 Å². The lowest BCUT2D eigenvalue weighted by Crippen LogP contribution is -2.19. The number of carbonyl (C=O) groups is 1. The van der Waals surface area contributed by atoms with Crippen molar-refractivity contribution in [3.8, 4) is 0 Å². The number of nitrogens with one attached hydrogen (secondary N) is 1. The van der Waals surface area contributed by atoms with Crippen molar-refractivity contribution in [2.75, 3.05) is 6.54 Å². The van der Waals surface area contributed by atoms with Crippen LogP contribution in [-0.2, 0) is 19.5 Å². The quantitative estimate of drug-likeness (QED) is 0.358. The highest BCUT2D eigenvalue weighted by Crippen LogP contribution is 2.28. The Balaban J connectivity index is 1.63. The van der Waals surface area contributed by atoms with Crippen molar-refractivity contribution in [2.24, 2.45) is 0 Å². The Hall–Kier alpha value is -3.37. The Morgan fingerprint density at radius 1 is 0.844 bits per heavy atom. The largest absolute Gasteiger partial charge is 0.477 e. The average Bonchev–Trinajstić information content (AvgIpc) is 3.06. The zero-order chi connectivity index (χ0) is 22.7. The zero-order valence-corrected chi connectivity index (χ0v) is 19.0. The van der Waals surface area contributed by atoms with Crippen molar-refractivity contribution in [1.29, 1.82) is 0 Å². The third-order valence-corrected chi connectivity index (χ3v) is 6.00. The predicted octanol–water partition coefficient (Wildman–Crippen LogP) is 5.65. The Morgan fingerprint density at radius 3 is 2.06 bits per heavy atom. The number of aryl methyl sites for hydroxylation is 3. The molecule has 0 spiro atoms. The van der Waals surface area contributed by atoms with Gasteiger partial charge in [-0.2, -0.15) is 0 Å². The van der Waals surface area contributed by atoms with Crippen LogP contribution >= 0.6 is 0 Å². The monoisotopic (exact) mass is 426 g/mol. The van der Waals surface area contributed by atoms with Gasteiger partial charge < -0.3 is 15.0 Å². The van der Waals surface area contributed by atoms with Crippen LogP contribution in [0.3, 0.4) is 0 Å². The van der Waals surface area contributed by atoms with Crippen molar-refractivity contribution in [2.45, 2.75) is 40.3 Å². The van der Waals surface area contributed by atoms with Gasteiger partial charge in [-0.05, 0) is 56.5 Å². The van der Waals surface area contributed by atoms with Crippen molar-refractivity contribution >= 4 is 16.9 Å². The fourth-order valence-electron chi connectivity index (χ4n) is 4.20. The maximum Gasteiger partial charge on any atom is 0.352 e. The molecule has 4 heteroatoms. The molecule has 0 saturated heterocycles. The van der Waals surface area contributed by atoms with Crippen LogP contribution in [0.1, 0.15) is 43.9 Å². The highest BCUT2D eigenvalue weighted by molar-refractivity contribution is 5.98. The van der Waals surface area contributed by atoms with Crippen LogP contribution in [0, 0.1) is 20.8 Å². The molecule has 4 aromatic rings. The van der Waals surface area contributed by atoms with Gasteiger partial charge >= 0.3 is 5.97 Å². The summed E-state index contributed by atoms with van der Waals surface area (Å²) < 4.78 is 1.95. The zero-order valence-electron chi connectivity index (χ0n) is 19.0. The molecule has 1 aromatic heterocycles. The van der Waals surface area contributed by atoms with E-state index in [1.54, 1.807) is 0 Å². The molecule has 4 nitrogen and oxygen atoms in total. The summed E-state index contributed by atoms with van der Waals surface area (Å²) >= 11 is 0. The number of fused-ring (bicyclic) bond motifs is 1. The highest BCUT2D eigenvalue weighted by atomic mass is 16.4. The van der Waals surface area contributed by atoms with Gasteiger partial charge in [-0.3, -0.25) is 0 Å². The van der Waals surface area contributed by atoms with E-state index in [4.69, 9.17) is 0 Å². The summed E-state index contributed by atoms with van der Waals surface area (Å²) in [5.74, 6) is -0.888. The van der Waals surface area contributed by atoms with E-state index >= 15 is 0 Å². The molecule has 32 heavy (non-hydrogen) atoms. The molecule has 0 amide bonds. The number of rotatable bonds is 8. The van der Waals surface area contributed by atoms with E-state index in [2.05, 4.69) is 85.9 Å². The van der Waals surface area contributed by atoms with Crippen molar-refractivity contribution in [3.05, 3.63) is 106 Å². The smallest absolute Gasteiger partial charge is 0.352 e. The first-order valence-corrected chi connectivity index (χ1v) is 11.1. The number of nitrogens with zero attached hydrogens (tertiary/aromatic N) is 1. The van der Waals surface area contributed by atoms with E-state index in [1.807, 2.05) is 11.5 Å². The lowest BCUT2D eigenvalue weighted by molar-refractivity contribution is 0.0684. The summed E-state index contributed by atoms with van der Waals surface area (Å²) in [5, 5.41) is 14.6. The maximum absolute atomic E-state index is 12.4. The van der Waals surface area contributed by atoms with E-state index in [-0.39, 0.29) is 0 Å². The third-order valence-electron chi connectivity index (χ3n) is 6.00. The van der Waals surface area contributed by atoms with Crippen LogP contribution in [0.15, 0.2) is 66.7 Å².